The van der Waals surface area contributed by atoms with Crippen LogP contribution < -0.4 is 0 Å². The highest BCUT2D eigenvalue weighted by atomic mass is 16.5. The molecule has 0 N–H and O–H groups in total. The number of hydrogen-bond acceptors (Lipinski definition) is 1. The van der Waals surface area contributed by atoms with Crippen LogP contribution in [0.25, 0.3) is 11.1 Å². The summed E-state index contributed by atoms with van der Waals surface area (Å²) in [6.45, 7) is 5.48. The molecule has 1 aliphatic rings. The van der Waals surface area contributed by atoms with Crippen molar-refractivity contribution < 1.29 is 4.74 Å². The van der Waals surface area contributed by atoms with Crippen LogP contribution >= 0.6 is 0 Å². The van der Waals surface area contributed by atoms with Gasteiger partial charge in [-0.2, -0.15) is 0 Å². The van der Waals surface area contributed by atoms with Gasteiger partial charge in [0.25, 0.3) is 0 Å². The predicted molar refractivity (Wildman–Crippen MR) is 130 cm³/mol. The minimum atomic E-state index is 0.288. The zero-order valence-corrected chi connectivity index (χ0v) is 19.4. The molecular weight excluding hydrogens is 364 g/mol. The van der Waals surface area contributed by atoms with Crippen LogP contribution in [0.3, 0.4) is 0 Å². The SMILES string of the molecule is CCCCCCCCC1CCC(c2ccc(-c3ccc(CCCC)cc3)cc2)OC1. The van der Waals surface area contributed by atoms with E-state index in [9.17, 15) is 0 Å². The molecule has 1 saturated heterocycles. The molecule has 0 spiro atoms. The van der Waals surface area contributed by atoms with Gasteiger partial charge in [-0.3, -0.25) is 0 Å². The molecule has 2 atom stereocenters. The van der Waals surface area contributed by atoms with Crippen molar-refractivity contribution in [3.05, 3.63) is 59.7 Å². The molecule has 0 bridgehead atoms. The summed E-state index contributed by atoms with van der Waals surface area (Å²) in [5.41, 5.74) is 5.41. The summed E-state index contributed by atoms with van der Waals surface area (Å²) >= 11 is 0. The highest BCUT2D eigenvalue weighted by molar-refractivity contribution is 5.64. The molecule has 2 aromatic rings. The summed E-state index contributed by atoms with van der Waals surface area (Å²) in [5.74, 6) is 0.776. The molecule has 2 aromatic carbocycles. The molecule has 0 radical (unpaired) electrons. The third-order valence-electron chi connectivity index (χ3n) is 6.72. The van der Waals surface area contributed by atoms with Crippen LogP contribution in [0.15, 0.2) is 48.5 Å². The van der Waals surface area contributed by atoms with Gasteiger partial charge in [0.2, 0.25) is 0 Å². The number of aryl methyl sites for hydroxylation is 1. The highest BCUT2D eigenvalue weighted by Gasteiger charge is 2.22. The fourth-order valence-corrected chi connectivity index (χ4v) is 4.64. The first-order chi connectivity index (χ1) is 14.8. The lowest BCUT2D eigenvalue weighted by Crippen LogP contribution is -2.20. The molecule has 3 rings (SSSR count). The number of ether oxygens (including phenoxy) is 1. The lowest BCUT2D eigenvalue weighted by atomic mass is 9.90. The van der Waals surface area contributed by atoms with E-state index in [-0.39, 0.29) is 6.10 Å². The normalized spacial score (nSPS) is 19.1. The number of hydrogen-bond donors (Lipinski definition) is 0. The standard InChI is InChI=1S/C29H42O/c1-3-5-7-8-9-10-12-25-15-22-29(30-23-25)28-20-18-27(19-21-28)26-16-13-24(14-17-26)11-6-4-2/h13-14,16-21,25,29H,3-12,15,22-23H2,1-2H3. The molecule has 1 heterocycles. The van der Waals surface area contributed by atoms with Crippen LogP contribution in [0.2, 0.25) is 0 Å². The van der Waals surface area contributed by atoms with Gasteiger partial charge in [0, 0.05) is 0 Å². The van der Waals surface area contributed by atoms with Crippen LogP contribution in [0.5, 0.6) is 0 Å². The van der Waals surface area contributed by atoms with Crippen LogP contribution in [0, 0.1) is 5.92 Å². The Kier molecular flexibility index (Phi) is 9.96. The number of rotatable bonds is 12. The smallest absolute Gasteiger partial charge is 0.0825 e. The minimum Gasteiger partial charge on any atom is -0.373 e. The second kappa shape index (κ2) is 13.0. The van der Waals surface area contributed by atoms with Crippen LogP contribution in [-0.4, -0.2) is 6.61 Å². The molecule has 1 nitrogen and oxygen atoms in total. The van der Waals surface area contributed by atoms with Gasteiger partial charge in [-0.25, -0.2) is 0 Å². The van der Waals surface area contributed by atoms with Crippen molar-refractivity contribution in [1.82, 2.24) is 0 Å². The Balaban J connectivity index is 1.42. The summed E-state index contributed by atoms with van der Waals surface area (Å²) in [6.07, 6.45) is 16.2. The maximum atomic E-state index is 6.27. The van der Waals surface area contributed by atoms with E-state index in [0.717, 1.165) is 12.5 Å². The quantitative estimate of drug-likeness (QED) is 0.320. The molecule has 1 heteroatoms. The molecule has 1 aliphatic heterocycles. The van der Waals surface area contributed by atoms with Crippen molar-refractivity contribution in [3.63, 3.8) is 0 Å². The second-order valence-electron chi connectivity index (χ2n) is 9.24. The van der Waals surface area contributed by atoms with Crippen molar-refractivity contribution in [2.45, 2.75) is 97.0 Å². The molecular formula is C29H42O. The Hall–Kier alpha value is -1.60. The first-order valence-corrected chi connectivity index (χ1v) is 12.6. The monoisotopic (exact) mass is 406 g/mol. The van der Waals surface area contributed by atoms with Gasteiger partial charge >= 0.3 is 0 Å². The maximum absolute atomic E-state index is 6.27. The van der Waals surface area contributed by atoms with Crippen LogP contribution in [0.1, 0.15) is 102 Å². The number of unbranched alkanes of at least 4 members (excludes halogenated alkanes) is 6. The lowest BCUT2D eigenvalue weighted by Gasteiger charge is -2.29. The highest BCUT2D eigenvalue weighted by Crippen LogP contribution is 2.33. The molecule has 30 heavy (non-hydrogen) atoms. The van der Waals surface area contributed by atoms with Crippen molar-refractivity contribution in [1.29, 1.82) is 0 Å². The molecule has 164 valence electrons. The third-order valence-corrected chi connectivity index (χ3v) is 6.72. The third kappa shape index (κ3) is 7.27. The van der Waals surface area contributed by atoms with Gasteiger partial charge in [0.15, 0.2) is 0 Å². The van der Waals surface area contributed by atoms with E-state index >= 15 is 0 Å². The van der Waals surface area contributed by atoms with Crippen molar-refractivity contribution in [2.75, 3.05) is 6.61 Å². The summed E-state index contributed by atoms with van der Waals surface area (Å²) in [7, 11) is 0. The van der Waals surface area contributed by atoms with Gasteiger partial charge in [0.05, 0.1) is 12.7 Å². The lowest BCUT2D eigenvalue weighted by molar-refractivity contribution is -0.0199. The summed E-state index contributed by atoms with van der Waals surface area (Å²) in [6, 6.07) is 18.2. The van der Waals surface area contributed by atoms with E-state index in [1.165, 1.54) is 99.3 Å². The van der Waals surface area contributed by atoms with E-state index in [1.54, 1.807) is 0 Å². The molecule has 2 unspecified atom stereocenters. The first-order valence-electron chi connectivity index (χ1n) is 12.6. The van der Waals surface area contributed by atoms with Crippen LogP contribution in [0.4, 0.5) is 0 Å². The van der Waals surface area contributed by atoms with Gasteiger partial charge in [0.1, 0.15) is 0 Å². The Bertz CT molecular complexity index is 692. The minimum absolute atomic E-state index is 0.288. The zero-order valence-electron chi connectivity index (χ0n) is 19.4. The molecule has 0 aliphatic carbocycles. The number of benzene rings is 2. The Labute approximate surface area is 185 Å². The van der Waals surface area contributed by atoms with E-state index in [0.29, 0.717) is 0 Å². The summed E-state index contributed by atoms with van der Waals surface area (Å²) in [4.78, 5) is 0. The topological polar surface area (TPSA) is 9.23 Å². The zero-order chi connectivity index (χ0) is 21.0. The van der Waals surface area contributed by atoms with E-state index < -0.39 is 0 Å². The van der Waals surface area contributed by atoms with Gasteiger partial charge in [-0.1, -0.05) is 107 Å². The average Bonchev–Trinajstić information content (AvgIpc) is 2.81. The molecule has 0 saturated carbocycles. The van der Waals surface area contributed by atoms with Gasteiger partial charge in [-0.05, 0) is 60.3 Å². The molecule has 0 amide bonds. The molecule has 0 aromatic heterocycles. The van der Waals surface area contributed by atoms with E-state index in [2.05, 4.69) is 62.4 Å². The first kappa shape index (κ1) is 23.1. The molecule has 1 fully saturated rings. The predicted octanol–water partition coefficient (Wildman–Crippen LogP) is 8.91. The average molecular weight is 407 g/mol. The van der Waals surface area contributed by atoms with Gasteiger partial charge < -0.3 is 4.74 Å². The van der Waals surface area contributed by atoms with Crippen molar-refractivity contribution >= 4 is 0 Å². The Morgan fingerprint density at radius 2 is 1.33 bits per heavy atom. The van der Waals surface area contributed by atoms with Crippen molar-refractivity contribution in [3.8, 4) is 11.1 Å². The van der Waals surface area contributed by atoms with E-state index in [1.807, 2.05) is 0 Å². The second-order valence-corrected chi connectivity index (χ2v) is 9.24. The Morgan fingerprint density at radius 3 is 1.97 bits per heavy atom. The largest absolute Gasteiger partial charge is 0.373 e. The fourth-order valence-electron chi connectivity index (χ4n) is 4.64. The fraction of sp³-hybridized carbons (Fsp3) is 0.586. The summed E-state index contributed by atoms with van der Waals surface area (Å²) < 4.78 is 6.27. The maximum Gasteiger partial charge on any atom is 0.0825 e. The summed E-state index contributed by atoms with van der Waals surface area (Å²) in [5, 5.41) is 0. The van der Waals surface area contributed by atoms with E-state index in [4.69, 9.17) is 4.74 Å². The Morgan fingerprint density at radius 1 is 0.700 bits per heavy atom. The van der Waals surface area contributed by atoms with Crippen molar-refractivity contribution in [2.24, 2.45) is 5.92 Å². The van der Waals surface area contributed by atoms with Crippen LogP contribution in [-0.2, 0) is 11.2 Å². The van der Waals surface area contributed by atoms with Gasteiger partial charge in [-0.15, -0.1) is 0 Å².